The van der Waals surface area contributed by atoms with E-state index >= 15 is 0 Å². The minimum atomic E-state index is 0.0989. The summed E-state index contributed by atoms with van der Waals surface area (Å²) in [4.78, 5) is 12.0. The van der Waals surface area contributed by atoms with Gasteiger partial charge in [-0.2, -0.15) is 11.8 Å². The predicted octanol–water partition coefficient (Wildman–Crippen LogP) is 1.46. The Morgan fingerprint density at radius 3 is 2.95 bits per heavy atom. The third kappa shape index (κ3) is 5.10. The van der Waals surface area contributed by atoms with Gasteiger partial charge in [0.05, 0.1) is 14.2 Å². The van der Waals surface area contributed by atoms with Crippen LogP contribution in [0.25, 0.3) is 0 Å². The van der Waals surface area contributed by atoms with Crippen LogP contribution in [0.2, 0.25) is 0 Å². The zero-order valence-corrected chi connectivity index (χ0v) is 14.0. The highest BCUT2D eigenvalue weighted by Gasteiger charge is 2.16. The molecule has 2 rings (SSSR count). The standard InChI is InChI=1S/C16H24N2O3S/c1-20-14-3-4-15(21-2)12(9-14)5-6-18-16(19)10-13-11-22-8-7-17-13/h3-4,9,13,17H,5-8,10-11H2,1-2H3,(H,18,19). The van der Waals surface area contributed by atoms with Gasteiger partial charge in [-0.1, -0.05) is 0 Å². The van der Waals surface area contributed by atoms with Crippen LogP contribution in [0.5, 0.6) is 11.5 Å². The summed E-state index contributed by atoms with van der Waals surface area (Å²) in [6, 6.07) is 6.00. The number of methoxy groups -OCH3 is 2. The van der Waals surface area contributed by atoms with Crippen molar-refractivity contribution in [3.63, 3.8) is 0 Å². The number of hydrogen-bond donors (Lipinski definition) is 2. The molecule has 6 heteroatoms. The number of carbonyl (C=O) groups excluding carboxylic acids is 1. The highest BCUT2D eigenvalue weighted by Crippen LogP contribution is 2.24. The van der Waals surface area contributed by atoms with E-state index in [1.165, 1.54) is 0 Å². The van der Waals surface area contributed by atoms with E-state index < -0.39 is 0 Å². The van der Waals surface area contributed by atoms with E-state index in [0.29, 0.717) is 19.0 Å². The fraction of sp³-hybridized carbons (Fsp3) is 0.562. The second-order valence-electron chi connectivity index (χ2n) is 5.21. The molecule has 1 aromatic rings. The van der Waals surface area contributed by atoms with Gasteiger partial charge in [-0.15, -0.1) is 0 Å². The smallest absolute Gasteiger partial charge is 0.221 e. The van der Waals surface area contributed by atoms with E-state index in [1.54, 1.807) is 14.2 Å². The first-order valence-electron chi connectivity index (χ1n) is 7.51. The molecule has 1 amide bonds. The molecule has 0 bridgehead atoms. The number of nitrogens with one attached hydrogen (secondary N) is 2. The minimum Gasteiger partial charge on any atom is -0.497 e. The second kappa shape index (κ2) is 8.90. The van der Waals surface area contributed by atoms with Crippen molar-refractivity contribution in [3.8, 4) is 11.5 Å². The van der Waals surface area contributed by atoms with Gasteiger partial charge in [0.25, 0.3) is 0 Å². The van der Waals surface area contributed by atoms with Gasteiger partial charge in [0.15, 0.2) is 0 Å². The summed E-state index contributed by atoms with van der Waals surface area (Å²) in [5.41, 5.74) is 1.04. The molecule has 1 unspecified atom stereocenters. The zero-order valence-electron chi connectivity index (χ0n) is 13.2. The number of rotatable bonds is 7. The number of thioether (sulfide) groups is 1. The van der Waals surface area contributed by atoms with Crippen LogP contribution in [-0.2, 0) is 11.2 Å². The van der Waals surface area contributed by atoms with Crippen LogP contribution in [-0.4, -0.2) is 50.8 Å². The van der Waals surface area contributed by atoms with Crippen LogP contribution in [0.3, 0.4) is 0 Å². The molecule has 1 fully saturated rings. The summed E-state index contributed by atoms with van der Waals surface area (Å²) in [5.74, 6) is 3.86. The van der Waals surface area contributed by atoms with Gasteiger partial charge in [-0.25, -0.2) is 0 Å². The fourth-order valence-corrected chi connectivity index (χ4v) is 3.41. The van der Waals surface area contributed by atoms with Gasteiger partial charge in [0.2, 0.25) is 5.91 Å². The summed E-state index contributed by atoms with van der Waals surface area (Å²) in [7, 11) is 3.29. The Kier molecular flexibility index (Phi) is 6.86. The lowest BCUT2D eigenvalue weighted by Gasteiger charge is -2.22. The number of carbonyl (C=O) groups is 1. The van der Waals surface area contributed by atoms with Crippen molar-refractivity contribution in [1.29, 1.82) is 0 Å². The summed E-state index contributed by atoms with van der Waals surface area (Å²) in [6.45, 7) is 1.59. The van der Waals surface area contributed by atoms with E-state index in [-0.39, 0.29) is 5.91 Å². The largest absolute Gasteiger partial charge is 0.497 e. The SMILES string of the molecule is COc1ccc(OC)c(CCNC(=O)CC2CSCCN2)c1. The molecule has 0 aliphatic carbocycles. The highest BCUT2D eigenvalue weighted by atomic mass is 32.2. The van der Waals surface area contributed by atoms with Crippen molar-refractivity contribution in [2.75, 3.05) is 38.8 Å². The number of benzene rings is 1. The summed E-state index contributed by atoms with van der Waals surface area (Å²) in [5, 5.41) is 6.36. The Hall–Kier alpha value is -1.40. The molecule has 1 atom stereocenters. The summed E-state index contributed by atoms with van der Waals surface area (Å²) < 4.78 is 10.6. The molecule has 0 saturated carbocycles. The molecular formula is C16H24N2O3S. The first kappa shape index (κ1) is 17.0. The Labute approximate surface area is 136 Å². The van der Waals surface area contributed by atoms with E-state index in [2.05, 4.69) is 10.6 Å². The Morgan fingerprint density at radius 2 is 2.27 bits per heavy atom. The molecule has 1 aliphatic rings. The normalized spacial score (nSPS) is 17.8. The van der Waals surface area contributed by atoms with Gasteiger partial charge in [0, 0.05) is 37.1 Å². The quantitative estimate of drug-likeness (QED) is 0.795. The van der Waals surface area contributed by atoms with E-state index in [4.69, 9.17) is 9.47 Å². The average molecular weight is 324 g/mol. The lowest BCUT2D eigenvalue weighted by molar-refractivity contribution is -0.121. The summed E-state index contributed by atoms with van der Waals surface area (Å²) in [6.07, 6.45) is 1.27. The van der Waals surface area contributed by atoms with Crippen molar-refractivity contribution in [2.45, 2.75) is 18.9 Å². The maximum absolute atomic E-state index is 12.0. The third-order valence-corrected chi connectivity index (χ3v) is 4.77. The first-order chi connectivity index (χ1) is 10.7. The molecule has 1 heterocycles. The predicted molar refractivity (Wildman–Crippen MR) is 90.0 cm³/mol. The first-order valence-corrected chi connectivity index (χ1v) is 8.67. The molecule has 2 N–H and O–H groups in total. The lowest BCUT2D eigenvalue weighted by atomic mass is 10.1. The second-order valence-corrected chi connectivity index (χ2v) is 6.36. The third-order valence-electron chi connectivity index (χ3n) is 3.63. The van der Waals surface area contributed by atoms with E-state index in [0.717, 1.165) is 41.5 Å². The van der Waals surface area contributed by atoms with Crippen molar-refractivity contribution in [1.82, 2.24) is 10.6 Å². The van der Waals surface area contributed by atoms with E-state index in [1.807, 2.05) is 30.0 Å². The van der Waals surface area contributed by atoms with Crippen molar-refractivity contribution in [2.24, 2.45) is 0 Å². The van der Waals surface area contributed by atoms with Crippen LogP contribution < -0.4 is 20.1 Å². The Morgan fingerprint density at radius 1 is 1.41 bits per heavy atom. The molecule has 1 aliphatic heterocycles. The molecule has 0 aromatic heterocycles. The Balaban J connectivity index is 1.78. The van der Waals surface area contributed by atoms with Gasteiger partial charge >= 0.3 is 0 Å². The average Bonchev–Trinajstić information content (AvgIpc) is 2.55. The topological polar surface area (TPSA) is 59.6 Å². The number of amides is 1. The zero-order chi connectivity index (χ0) is 15.8. The van der Waals surface area contributed by atoms with Crippen LogP contribution in [0.15, 0.2) is 18.2 Å². The maximum Gasteiger partial charge on any atom is 0.221 e. The molecule has 1 saturated heterocycles. The maximum atomic E-state index is 12.0. The van der Waals surface area contributed by atoms with Crippen LogP contribution in [0.1, 0.15) is 12.0 Å². The Bertz CT molecular complexity index is 490. The number of hydrogen-bond acceptors (Lipinski definition) is 5. The lowest BCUT2D eigenvalue weighted by Crippen LogP contribution is -2.41. The van der Waals surface area contributed by atoms with E-state index in [9.17, 15) is 4.79 Å². The molecule has 1 aromatic carbocycles. The monoisotopic (exact) mass is 324 g/mol. The molecular weight excluding hydrogens is 300 g/mol. The molecule has 22 heavy (non-hydrogen) atoms. The fourth-order valence-electron chi connectivity index (χ4n) is 2.46. The summed E-state index contributed by atoms with van der Waals surface area (Å²) >= 11 is 1.90. The number of ether oxygens (including phenoxy) is 2. The molecule has 0 spiro atoms. The van der Waals surface area contributed by atoms with Crippen LogP contribution in [0, 0.1) is 0 Å². The molecule has 122 valence electrons. The molecule has 0 radical (unpaired) electrons. The minimum absolute atomic E-state index is 0.0989. The van der Waals surface area contributed by atoms with Crippen molar-refractivity contribution in [3.05, 3.63) is 23.8 Å². The van der Waals surface area contributed by atoms with Crippen molar-refractivity contribution < 1.29 is 14.3 Å². The van der Waals surface area contributed by atoms with Gasteiger partial charge in [-0.3, -0.25) is 4.79 Å². The van der Waals surface area contributed by atoms with Gasteiger partial charge < -0.3 is 20.1 Å². The van der Waals surface area contributed by atoms with Gasteiger partial charge in [-0.05, 0) is 30.2 Å². The van der Waals surface area contributed by atoms with Crippen LogP contribution >= 0.6 is 11.8 Å². The van der Waals surface area contributed by atoms with Gasteiger partial charge in [0.1, 0.15) is 11.5 Å². The van der Waals surface area contributed by atoms with Crippen molar-refractivity contribution >= 4 is 17.7 Å². The van der Waals surface area contributed by atoms with Crippen LogP contribution in [0.4, 0.5) is 0 Å². The molecule has 5 nitrogen and oxygen atoms in total. The highest BCUT2D eigenvalue weighted by molar-refractivity contribution is 7.99.